The lowest BCUT2D eigenvalue weighted by molar-refractivity contribution is -0.120. The summed E-state index contributed by atoms with van der Waals surface area (Å²) in [4.78, 5) is 12.4. The van der Waals surface area contributed by atoms with Crippen LogP contribution < -0.4 is 5.32 Å². The van der Waals surface area contributed by atoms with E-state index in [-0.39, 0.29) is 6.04 Å². The van der Waals surface area contributed by atoms with Gasteiger partial charge in [-0.15, -0.1) is 0 Å². The molecule has 0 aromatic heterocycles. The van der Waals surface area contributed by atoms with Crippen molar-refractivity contribution in [3.05, 3.63) is 35.4 Å². The van der Waals surface area contributed by atoms with Gasteiger partial charge in [-0.3, -0.25) is 4.79 Å². The number of ketones is 1. The summed E-state index contributed by atoms with van der Waals surface area (Å²) in [6.07, 6.45) is 6.90. The summed E-state index contributed by atoms with van der Waals surface area (Å²) < 4.78 is 0. The van der Waals surface area contributed by atoms with Crippen molar-refractivity contribution >= 4 is 5.78 Å². The summed E-state index contributed by atoms with van der Waals surface area (Å²) >= 11 is 0. The van der Waals surface area contributed by atoms with E-state index < -0.39 is 0 Å². The highest BCUT2D eigenvalue weighted by Gasteiger charge is 2.37. The molecule has 2 heteroatoms. The van der Waals surface area contributed by atoms with E-state index >= 15 is 0 Å². The lowest BCUT2D eigenvalue weighted by atomic mass is 9.84. The first kappa shape index (κ1) is 12.9. The average molecular weight is 257 g/mol. The standard InChI is InChI=1S/C17H23NO/c1-12-6-2-3-7-13(12)11-17(19)16-10-14-8-4-5-9-15(14)18-16/h2-3,6-7,14-16,18H,4-5,8-11H2,1H3. The van der Waals surface area contributed by atoms with Gasteiger partial charge in [-0.1, -0.05) is 37.1 Å². The number of nitrogens with one attached hydrogen (secondary N) is 1. The zero-order valence-corrected chi connectivity index (χ0v) is 11.7. The Morgan fingerprint density at radius 1 is 1.26 bits per heavy atom. The van der Waals surface area contributed by atoms with Gasteiger partial charge < -0.3 is 5.32 Å². The van der Waals surface area contributed by atoms with Crippen LogP contribution in [-0.2, 0) is 11.2 Å². The number of carbonyl (C=O) groups excluding carboxylic acids is 1. The zero-order valence-electron chi connectivity index (χ0n) is 11.7. The second-order valence-electron chi connectivity index (χ2n) is 6.18. The van der Waals surface area contributed by atoms with E-state index in [2.05, 4.69) is 24.4 Å². The second-order valence-corrected chi connectivity index (χ2v) is 6.18. The molecule has 1 saturated heterocycles. The summed E-state index contributed by atoms with van der Waals surface area (Å²) in [5.41, 5.74) is 2.41. The number of rotatable bonds is 3. The van der Waals surface area contributed by atoms with Gasteiger partial charge >= 0.3 is 0 Å². The Bertz CT molecular complexity index is 454. The molecule has 3 unspecified atom stereocenters. The molecular formula is C17H23NO. The van der Waals surface area contributed by atoms with Gasteiger partial charge in [-0.2, -0.15) is 0 Å². The first-order chi connectivity index (χ1) is 9.24. The fourth-order valence-corrected chi connectivity index (χ4v) is 3.68. The quantitative estimate of drug-likeness (QED) is 0.902. The molecule has 19 heavy (non-hydrogen) atoms. The first-order valence-electron chi connectivity index (χ1n) is 7.57. The SMILES string of the molecule is Cc1ccccc1CC(=O)C1CC2CCCCC2N1. The Labute approximate surface area is 115 Å². The minimum Gasteiger partial charge on any atom is -0.304 e. The fourth-order valence-electron chi connectivity index (χ4n) is 3.68. The predicted octanol–water partition coefficient (Wildman–Crippen LogP) is 3.03. The topological polar surface area (TPSA) is 29.1 Å². The van der Waals surface area contributed by atoms with E-state index in [0.29, 0.717) is 18.2 Å². The van der Waals surface area contributed by atoms with Crippen molar-refractivity contribution in [1.82, 2.24) is 5.32 Å². The van der Waals surface area contributed by atoms with E-state index in [1.807, 2.05) is 12.1 Å². The van der Waals surface area contributed by atoms with Crippen molar-refractivity contribution in [1.29, 1.82) is 0 Å². The molecule has 1 heterocycles. The molecule has 1 aromatic rings. The highest BCUT2D eigenvalue weighted by molar-refractivity contribution is 5.86. The molecular weight excluding hydrogens is 234 g/mol. The third kappa shape index (κ3) is 2.74. The summed E-state index contributed by atoms with van der Waals surface area (Å²) in [7, 11) is 0. The fraction of sp³-hybridized carbons (Fsp3) is 0.588. The van der Waals surface area contributed by atoms with Crippen molar-refractivity contribution in [2.75, 3.05) is 0 Å². The maximum atomic E-state index is 12.4. The second kappa shape index (κ2) is 5.46. The van der Waals surface area contributed by atoms with Crippen LogP contribution in [0.3, 0.4) is 0 Å². The lowest BCUT2D eigenvalue weighted by Crippen LogP contribution is -2.37. The van der Waals surface area contributed by atoms with Crippen LogP contribution in [0, 0.1) is 12.8 Å². The highest BCUT2D eigenvalue weighted by atomic mass is 16.1. The highest BCUT2D eigenvalue weighted by Crippen LogP contribution is 2.33. The van der Waals surface area contributed by atoms with Crippen molar-refractivity contribution < 1.29 is 4.79 Å². The van der Waals surface area contributed by atoms with Crippen molar-refractivity contribution in [3.63, 3.8) is 0 Å². The molecule has 102 valence electrons. The molecule has 2 fully saturated rings. The molecule has 0 amide bonds. The summed E-state index contributed by atoms with van der Waals surface area (Å²) in [5.74, 6) is 1.13. The Balaban J connectivity index is 1.64. The minimum absolute atomic E-state index is 0.104. The Morgan fingerprint density at radius 3 is 2.84 bits per heavy atom. The molecule has 2 aliphatic rings. The van der Waals surface area contributed by atoms with Crippen LogP contribution in [0.15, 0.2) is 24.3 Å². The Kier molecular flexibility index (Phi) is 3.69. The molecule has 3 rings (SSSR count). The summed E-state index contributed by atoms with van der Waals surface area (Å²) in [6.45, 7) is 2.09. The number of benzene rings is 1. The molecule has 0 radical (unpaired) electrons. The van der Waals surface area contributed by atoms with Gasteiger partial charge in [-0.05, 0) is 43.2 Å². The van der Waals surface area contributed by atoms with E-state index in [4.69, 9.17) is 0 Å². The largest absolute Gasteiger partial charge is 0.304 e. The van der Waals surface area contributed by atoms with Gasteiger partial charge in [0.1, 0.15) is 0 Å². The molecule has 1 saturated carbocycles. The number of fused-ring (bicyclic) bond motifs is 1. The smallest absolute Gasteiger partial charge is 0.154 e. The molecule has 1 aliphatic carbocycles. The molecule has 0 spiro atoms. The predicted molar refractivity (Wildman–Crippen MR) is 77.2 cm³/mol. The van der Waals surface area contributed by atoms with Crippen LogP contribution in [0.25, 0.3) is 0 Å². The third-order valence-corrected chi connectivity index (χ3v) is 4.88. The number of hydrogen-bond donors (Lipinski definition) is 1. The monoisotopic (exact) mass is 257 g/mol. The molecule has 3 atom stereocenters. The summed E-state index contributed by atoms with van der Waals surface area (Å²) in [5, 5.41) is 3.58. The van der Waals surface area contributed by atoms with Gasteiger partial charge in [0.25, 0.3) is 0 Å². The van der Waals surface area contributed by atoms with E-state index in [9.17, 15) is 4.79 Å². The lowest BCUT2D eigenvalue weighted by Gasteiger charge is -2.24. The van der Waals surface area contributed by atoms with E-state index in [1.54, 1.807) is 0 Å². The van der Waals surface area contributed by atoms with Crippen LogP contribution in [0.5, 0.6) is 0 Å². The number of Topliss-reactive ketones (excluding diaryl/α,β-unsaturated/α-hetero) is 1. The first-order valence-corrected chi connectivity index (χ1v) is 7.57. The number of aryl methyl sites for hydroxylation is 1. The van der Waals surface area contributed by atoms with Gasteiger partial charge in [-0.25, -0.2) is 0 Å². The average Bonchev–Trinajstić information content (AvgIpc) is 2.85. The van der Waals surface area contributed by atoms with Crippen LogP contribution in [0.4, 0.5) is 0 Å². The van der Waals surface area contributed by atoms with Crippen molar-refractivity contribution in [2.45, 2.75) is 57.5 Å². The maximum absolute atomic E-state index is 12.4. The van der Waals surface area contributed by atoms with Crippen molar-refractivity contribution in [2.24, 2.45) is 5.92 Å². The van der Waals surface area contributed by atoms with Crippen LogP contribution >= 0.6 is 0 Å². The third-order valence-electron chi connectivity index (χ3n) is 4.88. The minimum atomic E-state index is 0.104. The molecule has 0 bridgehead atoms. The molecule has 2 nitrogen and oxygen atoms in total. The Morgan fingerprint density at radius 2 is 2.05 bits per heavy atom. The zero-order chi connectivity index (χ0) is 13.2. The number of carbonyl (C=O) groups is 1. The molecule has 1 N–H and O–H groups in total. The van der Waals surface area contributed by atoms with Crippen molar-refractivity contribution in [3.8, 4) is 0 Å². The maximum Gasteiger partial charge on any atom is 0.154 e. The normalized spacial score (nSPS) is 30.1. The van der Waals surface area contributed by atoms with Crippen LogP contribution in [-0.4, -0.2) is 17.9 Å². The van der Waals surface area contributed by atoms with Gasteiger partial charge in [0.15, 0.2) is 5.78 Å². The van der Waals surface area contributed by atoms with Gasteiger partial charge in [0, 0.05) is 12.5 Å². The van der Waals surface area contributed by atoms with Crippen LogP contribution in [0.1, 0.15) is 43.2 Å². The van der Waals surface area contributed by atoms with E-state index in [1.165, 1.54) is 36.8 Å². The molecule has 1 aliphatic heterocycles. The van der Waals surface area contributed by atoms with Gasteiger partial charge in [0.2, 0.25) is 0 Å². The molecule has 1 aromatic carbocycles. The van der Waals surface area contributed by atoms with Gasteiger partial charge in [0.05, 0.1) is 6.04 Å². The van der Waals surface area contributed by atoms with E-state index in [0.717, 1.165) is 12.3 Å². The van der Waals surface area contributed by atoms with Crippen LogP contribution in [0.2, 0.25) is 0 Å². The number of hydrogen-bond acceptors (Lipinski definition) is 2. The summed E-state index contributed by atoms with van der Waals surface area (Å²) in [6, 6.07) is 8.94. The Hall–Kier alpha value is -1.15.